The third-order valence-electron chi connectivity index (χ3n) is 2.65. The van der Waals surface area contributed by atoms with E-state index in [1.54, 1.807) is 0 Å². The van der Waals surface area contributed by atoms with Crippen molar-refractivity contribution >= 4 is 27.7 Å². The van der Waals surface area contributed by atoms with Crippen LogP contribution in [0.4, 0.5) is 0 Å². The van der Waals surface area contributed by atoms with Crippen LogP contribution in [0.1, 0.15) is 18.4 Å². The highest BCUT2D eigenvalue weighted by Gasteiger charge is 2.12. The van der Waals surface area contributed by atoms with Crippen LogP contribution >= 0.6 is 27.7 Å². The Morgan fingerprint density at radius 2 is 2.13 bits per heavy atom. The summed E-state index contributed by atoms with van der Waals surface area (Å²) in [6.07, 6.45) is 2.70. The van der Waals surface area contributed by atoms with E-state index in [0.29, 0.717) is 0 Å². The number of halogens is 1. The zero-order valence-electron chi connectivity index (χ0n) is 8.71. The van der Waals surface area contributed by atoms with Crippen molar-refractivity contribution in [1.29, 1.82) is 0 Å². The SMILES string of the molecule is Brc1ccc(CSC2CCCNC2)cc1. The number of hydrogen-bond donors (Lipinski definition) is 1. The van der Waals surface area contributed by atoms with Gasteiger partial charge in [-0.3, -0.25) is 0 Å². The standard InChI is InChI=1S/C12H16BrNS/c13-11-5-3-10(4-6-11)9-15-12-2-1-7-14-8-12/h3-6,12,14H,1-2,7-9H2. The first-order valence-corrected chi connectivity index (χ1v) is 7.25. The van der Waals surface area contributed by atoms with Gasteiger partial charge in [-0.15, -0.1) is 0 Å². The Kier molecular flexibility index (Phi) is 4.54. The second-order valence-electron chi connectivity index (χ2n) is 3.91. The van der Waals surface area contributed by atoms with Gasteiger partial charge in [0.05, 0.1) is 0 Å². The van der Waals surface area contributed by atoms with E-state index in [9.17, 15) is 0 Å². The molecular formula is C12H16BrNS. The summed E-state index contributed by atoms with van der Waals surface area (Å²) in [7, 11) is 0. The summed E-state index contributed by atoms with van der Waals surface area (Å²) >= 11 is 5.53. The highest BCUT2D eigenvalue weighted by atomic mass is 79.9. The Hall–Kier alpha value is 0.01000. The maximum absolute atomic E-state index is 3.46. The molecule has 2 rings (SSSR count). The van der Waals surface area contributed by atoms with E-state index in [2.05, 4.69) is 57.3 Å². The molecule has 1 aromatic rings. The van der Waals surface area contributed by atoms with E-state index < -0.39 is 0 Å². The molecule has 0 amide bonds. The van der Waals surface area contributed by atoms with E-state index in [-0.39, 0.29) is 0 Å². The molecule has 1 fully saturated rings. The molecule has 1 saturated heterocycles. The lowest BCUT2D eigenvalue weighted by atomic mass is 10.2. The molecule has 0 aliphatic carbocycles. The fourth-order valence-corrected chi connectivity index (χ4v) is 3.21. The maximum atomic E-state index is 3.46. The fourth-order valence-electron chi connectivity index (χ4n) is 1.76. The molecule has 3 heteroatoms. The summed E-state index contributed by atoms with van der Waals surface area (Å²) in [6, 6.07) is 8.64. The molecule has 0 spiro atoms. The molecule has 0 saturated carbocycles. The number of piperidine rings is 1. The number of thioether (sulfide) groups is 1. The minimum Gasteiger partial charge on any atom is -0.316 e. The first kappa shape index (κ1) is 11.5. The topological polar surface area (TPSA) is 12.0 Å². The molecule has 1 aliphatic rings. The van der Waals surface area contributed by atoms with Crippen LogP contribution in [0.2, 0.25) is 0 Å². The average Bonchev–Trinajstić information content (AvgIpc) is 2.30. The van der Waals surface area contributed by atoms with Crippen LogP contribution in [0.15, 0.2) is 28.7 Å². The lowest BCUT2D eigenvalue weighted by molar-refractivity contribution is 0.531. The van der Waals surface area contributed by atoms with Gasteiger partial charge in [0.25, 0.3) is 0 Å². The highest BCUT2D eigenvalue weighted by Crippen LogP contribution is 2.23. The van der Waals surface area contributed by atoms with Crippen LogP contribution in [0, 0.1) is 0 Å². The molecule has 1 aromatic carbocycles. The smallest absolute Gasteiger partial charge is 0.0187 e. The zero-order chi connectivity index (χ0) is 10.5. The summed E-state index contributed by atoms with van der Waals surface area (Å²) in [4.78, 5) is 0. The van der Waals surface area contributed by atoms with Crippen LogP contribution in [0.5, 0.6) is 0 Å². The molecule has 0 bridgehead atoms. The van der Waals surface area contributed by atoms with Gasteiger partial charge in [-0.1, -0.05) is 28.1 Å². The second-order valence-corrected chi connectivity index (χ2v) is 6.11. The zero-order valence-corrected chi connectivity index (χ0v) is 11.1. The van der Waals surface area contributed by atoms with E-state index in [0.717, 1.165) is 15.5 Å². The van der Waals surface area contributed by atoms with Gasteiger partial charge in [0.1, 0.15) is 0 Å². The monoisotopic (exact) mass is 285 g/mol. The predicted octanol–water partition coefficient (Wildman–Crippen LogP) is 3.43. The summed E-state index contributed by atoms with van der Waals surface area (Å²) in [5.41, 5.74) is 1.42. The van der Waals surface area contributed by atoms with Gasteiger partial charge in [0.2, 0.25) is 0 Å². The Labute approximate surface area is 104 Å². The van der Waals surface area contributed by atoms with Crippen molar-refractivity contribution in [1.82, 2.24) is 5.32 Å². The van der Waals surface area contributed by atoms with Gasteiger partial charge >= 0.3 is 0 Å². The van der Waals surface area contributed by atoms with Crippen LogP contribution in [0.3, 0.4) is 0 Å². The number of benzene rings is 1. The second kappa shape index (κ2) is 5.92. The largest absolute Gasteiger partial charge is 0.316 e. The van der Waals surface area contributed by atoms with E-state index in [4.69, 9.17) is 0 Å². The van der Waals surface area contributed by atoms with Crippen molar-refractivity contribution in [2.75, 3.05) is 13.1 Å². The van der Waals surface area contributed by atoms with E-state index >= 15 is 0 Å². The van der Waals surface area contributed by atoms with Gasteiger partial charge in [-0.05, 0) is 37.1 Å². The summed E-state index contributed by atoms with van der Waals surface area (Å²) in [5.74, 6) is 1.14. The van der Waals surface area contributed by atoms with E-state index in [1.807, 2.05) is 0 Å². The van der Waals surface area contributed by atoms with Crippen molar-refractivity contribution in [3.8, 4) is 0 Å². The summed E-state index contributed by atoms with van der Waals surface area (Å²) < 4.78 is 1.16. The summed E-state index contributed by atoms with van der Waals surface area (Å²) in [5, 5.41) is 4.26. The van der Waals surface area contributed by atoms with Crippen molar-refractivity contribution in [2.24, 2.45) is 0 Å². The Bertz CT molecular complexity index is 293. The molecule has 1 unspecified atom stereocenters. The average molecular weight is 286 g/mol. The van der Waals surface area contributed by atoms with Crippen molar-refractivity contribution in [3.63, 3.8) is 0 Å². The van der Waals surface area contributed by atoms with Crippen molar-refractivity contribution in [3.05, 3.63) is 34.3 Å². The van der Waals surface area contributed by atoms with Gasteiger partial charge in [-0.2, -0.15) is 11.8 Å². The quantitative estimate of drug-likeness (QED) is 0.913. The first-order chi connectivity index (χ1) is 7.34. The molecule has 1 atom stereocenters. The maximum Gasteiger partial charge on any atom is 0.0187 e. The van der Waals surface area contributed by atoms with Crippen LogP contribution in [-0.4, -0.2) is 18.3 Å². The highest BCUT2D eigenvalue weighted by molar-refractivity contribution is 9.10. The Balaban J connectivity index is 1.79. The molecule has 1 N–H and O–H groups in total. The predicted molar refractivity (Wildman–Crippen MR) is 71.3 cm³/mol. The Morgan fingerprint density at radius 1 is 1.33 bits per heavy atom. The molecule has 0 aromatic heterocycles. The van der Waals surface area contributed by atoms with Crippen molar-refractivity contribution < 1.29 is 0 Å². The normalized spacial score (nSPS) is 21.5. The van der Waals surface area contributed by atoms with Gasteiger partial charge < -0.3 is 5.32 Å². The summed E-state index contributed by atoms with van der Waals surface area (Å²) in [6.45, 7) is 2.39. The lowest BCUT2D eigenvalue weighted by Gasteiger charge is -2.22. The molecule has 0 radical (unpaired) electrons. The first-order valence-electron chi connectivity index (χ1n) is 5.41. The number of nitrogens with one attached hydrogen (secondary N) is 1. The van der Waals surface area contributed by atoms with Crippen LogP contribution in [-0.2, 0) is 5.75 Å². The number of rotatable bonds is 3. The third kappa shape index (κ3) is 3.82. The minimum absolute atomic E-state index is 0.808. The molecular weight excluding hydrogens is 270 g/mol. The van der Waals surface area contributed by atoms with Crippen LogP contribution in [0.25, 0.3) is 0 Å². The van der Waals surface area contributed by atoms with Crippen LogP contribution < -0.4 is 5.32 Å². The fraction of sp³-hybridized carbons (Fsp3) is 0.500. The lowest BCUT2D eigenvalue weighted by Crippen LogP contribution is -2.31. The van der Waals surface area contributed by atoms with Gasteiger partial charge in [-0.25, -0.2) is 0 Å². The number of hydrogen-bond acceptors (Lipinski definition) is 2. The van der Waals surface area contributed by atoms with E-state index in [1.165, 1.54) is 31.5 Å². The minimum atomic E-state index is 0.808. The molecule has 1 heterocycles. The Morgan fingerprint density at radius 3 is 2.80 bits per heavy atom. The van der Waals surface area contributed by atoms with Crippen molar-refractivity contribution in [2.45, 2.75) is 23.8 Å². The molecule has 15 heavy (non-hydrogen) atoms. The molecule has 1 aliphatic heterocycles. The van der Waals surface area contributed by atoms with Gasteiger partial charge in [0.15, 0.2) is 0 Å². The third-order valence-corrected chi connectivity index (χ3v) is 4.55. The molecule has 1 nitrogen and oxygen atoms in total. The molecule has 82 valence electrons. The van der Waals surface area contributed by atoms with Gasteiger partial charge in [0, 0.05) is 22.0 Å².